The zero-order chi connectivity index (χ0) is 18.9. The van der Waals surface area contributed by atoms with Crippen molar-refractivity contribution in [3.05, 3.63) is 70.3 Å². The van der Waals surface area contributed by atoms with Crippen LogP contribution in [-0.4, -0.2) is 13.7 Å². The maximum atomic E-state index is 6.47. The number of rotatable bonds is 9. The number of benzene rings is 2. The van der Waals surface area contributed by atoms with Crippen molar-refractivity contribution in [2.45, 2.75) is 45.3 Å². The molecule has 2 aromatic carbocycles. The lowest BCUT2D eigenvalue weighted by molar-refractivity contribution is 0.284. The van der Waals surface area contributed by atoms with Gasteiger partial charge in [-0.25, -0.2) is 0 Å². The fourth-order valence-corrected chi connectivity index (χ4v) is 3.65. The molecule has 0 spiro atoms. The van der Waals surface area contributed by atoms with Crippen LogP contribution in [0.25, 0.3) is 0 Å². The van der Waals surface area contributed by atoms with Gasteiger partial charge in [0.15, 0.2) is 11.5 Å². The number of hydrogen-bond acceptors (Lipinski definition) is 3. The average Bonchev–Trinajstić information content (AvgIpc) is 2.71. The van der Waals surface area contributed by atoms with E-state index in [1.54, 1.807) is 12.7 Å². The van der Waals surface area contributed by atoms with Crippen LogP contribution in [0.15, 0.2) is 54.1 Å². The van der Waals surface area contributed by atoms with E-state index in [1.165, 1.54) is 25.7 Å². The molecule has 3 rings (SSSR count). The maximum Gasteiger partial charge on any atom is 0.180 e. The molecule has 152 valence electrons. The Morgan fingerprint density at radius 1 is 1.07 bits per heavy atom. The van der Waals surface area contributed by atoms with Gasteiger partial charge >= 0.3 is 0 Å². The first kappa shape index (κ1) is 22.6. The molecule has 1 N–H and O–H groups in total. The summed E-state index contributed by atoms with van der Waals surface area (Å²) in [5.74, 6) is 1.27. The lowest BCUT2D eigenvalue weighted by Crippen LogP contribution is -2.16. The summed E-state index contributed by atoms with van der Waals surface area (Å²) < 4.78 is 11.4. The van der Waals surface area contributed by atoms with Crippen LogP contribution in [-0.2, 0) is 13.2 Å². The number of ether oxygens (including phenoxy) is 2. The highest BCUT2D eigenvalue weighted by Gasteiger charge is 2.12. The number of hydrogen-bond donors (Lipinski definition) is 1. The molecule has 0 radical (unpaired) electrons. The molecular weight excluding hydrogens is 393 g/mol. The van der Waals surface area contributed by atoms with Gasteiger partial charge in [0.25, 0.3) is 0 Å². The smallest absolute Gasteiger partial charge is 0.180 e. The van der Waals surface area contributed by atoms with Crippen molar-refractivity contribution in [1.29, 1.82) is 0 Å². The summed E-state index contributed by atoms with van der Waals surface area (Å²) in [6.45, 7) is 2.21. The first-order chi connectivity index (χ1) is 13.3. The largest absolute Gasteiger partial charge is 0.493 e. The number of allylic oxidation sites excluding steroid dienone is 1. The van der Waals surface area contributed by atoms with E-state index in [0.29, 0.717) is 23.1 Å². The average molecular weight is 422 g/mol. The van der Waals surface area contributed by atoms with E-state index in [9.17, 15) is 0 Å². The van der Waals surface area contributed by atoms with Gasteiger partial charge in [0.2, 0.25) is 0 Å². The summed E-state index contributed by atoms with van der Waals surface area (Å²) in [5.41, 5.74) is 3.79. The van der Waals surface area contributed by atoms with E-state index in [1.807, 2.05) is 42.5 Å². The molecule has 0 saturated carbocycles. The zero-order valence-electron chi connectivity index (χ0n) is 16.4. The van der Waals surface area contributed by atoms with Gasteiger partial charge in [0.1, 0.15) is 6.61 Å². The Bertz CT molecular complexity index is 763. The summed E-state index contributed by atoms with van der Waals surface area (Å²) in [4.78, 5) is 0. The number of methoxy groups -OCH3 is 1. The fourth-order valence-electron chi connectivity index (χ4n) is 3.36. The molecule has 1 aliphatic carbocycles. The van der Waals surface area contributed by atoms with Gasteiger partial charge in [-0.3, -0.25) is 0 Å². The third kappa shape index (κ3) is 6.73. The van der Waals surface area contributed by atoms with Gasteiger partial charge in [-0.1, -0.05) is 53.6 Å². The Morgan fingerprint density at radius 3 is 2.61 bits per heavy atom. The Balaban J connectivity index is 0.00000280. The van der Waals surface area contributed by atoms with E-state index < -0.39 is 0 Å². The van der Waals surface area contributed by atoms with Crippen LogP contribution < -0.4 is 14.8 Å². The highest BCUT2D eigenvalue weighted by molar-refractivity contribution is 6.32. The Labute approximate surface area is 179 Å². The fraction of sp³-hybridized carbons (Fsp3) is 0.391. The molecule has 0 amide bonds. The predicted octanol–water partition coefficient (Wildman–Crippen LogP) is 6.33. The second-order valence-electron chi connectivity index (χ2n) is 6.92. The molecule has 0 atom stereocenters. The highest BCUT2D eigenvalue weighted by atomic mass is 35.5. The summed E-state index contributed by atoms with van der Waals surface area (Å²) >= 11 is 6.47. The standard InChI is InChI=1S/C23H28ClNO2.ClH/c1-26-22-15-20(16-25-13-12-18-8-4-2-5-9-18)14-21(24)23(22)27-17-19-10-6-3-7-11-19;/h3,6-8,10-11,14-15,25H,2,4-5,9,12-13,16-17H2,1H3;1H. The maximum absolute atomic E-state index is 6.47. The summed E-state index contributed by atoms with van der Waals surface area (Å²) in [6, 6.07) is 14.0. The van der Waals surface area contributed by atoms with Crippen molar-refractivity contribution >= 4 is 24.0 Å². The normalized spacial score (nSPS) is 13.4. The molecule has 0 fully saturated rings. The highest BCUT2D eigenvalue weighted by Crippen LogP contribution is 2.37. The molecule has 0 unspecified atom stereocenters. The Kier molecular flexibility index (Phi) is 9.69. The molecule has 0 bridgehead atoms. The van der Waals surface area contributed by atoms with Crippen LogP contribution in [0.5, 0.6) is 11.5 Å². The van der Waals surface area contributed by atoms with Crippen LogP contribution >= 0.6 is 24.0 Å². The minimum absolute atomic E-state index is 0. The summed E-state index contributed by atoms with van der Waals surface area (Å²) in [5, 5.41) is 4.09. The molecule has 0 aliphatic heterocycles. The molecule has 0 saturated heterocycles. The van der Waals surface area contributed by atoms with Crippen molar-refractivity contribution in [3.63, 3.8) is 0 Å². The van der Waals surface area contributed by atoms with Crippen LogP contribution in [0.3, 0.4) is 0 Å². The molecule has 5 heteroatoms. The molecule has 0 heterocycles. The first-order valence-corrected chi connectivity index (χ1v) is 10.1. The topological polar surface area (TPSA) is 30.5 Å². The molecule has 2 aromatic rings. The van der Waals surface area contributed by atoms with E-state index in [2.05, 4.69) is 11.4 Å². The minimum Gasteiger partial charge on any atom is -0.493 e. The molecule has 1 aliphatic rings. The van der Waals surface area contributed by atoms with Gasteiger partial charge in [0.05, 0.1) is 12.1 Å². The first-order valence-electron chi connectivity index (χ1n) is 9.68. The van der Waals surface area contributed by atoms with Crippen LogP contribution in [0.4, 0.5) is 0 Å². The monoisotopic (exact) mass is 421 g/mol. The SMILES string of the molecule is COc1cc(CNCCC2=CCCCC2)cc(Cl)c1OCc1ccccc1.Cl. The second kappa shape index (κ2) is 12.0. The molecular formula is C23H29Cl2NO2. The molecule has 0 aromatic heterocycles. The quantitative estimate of drug-likeness (QED) is 0.378. The molecule has 28 heavy (non-hydrogen) atoms. The lowest BCUT2D eigenvalue weighted by Gasteiger charge is -2.15. The van der Waals surface area contributed by atoms with Crippen molar-refractivity contribution in [3.8, 4) is 11.5 Å². The van der Waals surface area contributed by atoms with Crippen molar-refractivity contribution in [2.24, 2.45) is 0 Å². The van der Waals surface area contributed by atoms with Crippen molar-refractivity contribution in [1.82, 2.24) is 5.32 Å². The van der Waals surface area contributed by atoms with E-state index >= 15 is 0 Å². The van der Waals surface area contributed by atoms with E-state index in [4.69, 9.17) is 21.1 Å². The van der Waals surface area contributed by atoms with E-state index in [0.717, 1.165) is 30.6 Å². The molecule has 3 nitrogen and oxygen atoms in total. The predicted molar refractivity (Wildman–Crippen MR) is 119 cm³/mol. The number of nitrogens with one attached hydrogen (secondary N) is 1. The number of halogens is 2. The Hall–Kier alpha value is -1.68. The van der Waals surface area contributed by atoms with Gasteiger partial charge in [-0.15, -0.1) is 12.4 Å². The lowest BCUT2D eigenvalue weighted by atomic mass is 9.97. The van der Waals surface area contributed by atoms with Crippen LogP contribution in [0, 0.1) is 0 Å². The van der Waals surface area contributed by atoms with Crippen LogP contribution in [0.2, 0.25) is 5.02 Å². The Morgan fingerprint density at radius 2 is 1.89 bits per heavy atom. The minimum atomic E-state index is 0. The van der Waals surface area contributed by atoms with Crippen molar-refractivity contribution < 1.29 is 9.47 Å². The van der Waals surface area contributed by atoms with Gasteiger partial charge < -0.3 is 14.8 Å². The third-order valence-electron chi connectivity index (χ3n) is 4.85. The zero-order valence-corrected chi connectivity index (χ0v) is 18.0. The van der Waals surface area contributed by atoms with Crippen LogP contribution in [0.1, 0.15) is 43.2 Å². The third-order valence-corrected chi connectivity index (χ3v) is 5.13. The summed E-state index contributed by atoms with van der Waals surface area (Å²) in [6.07, 6.45) is 8.71. The van der Waals surface area contributed by atoms with E-state index in [-0.39, 0.29) is 12.4 Å². The van der Waals surface area contributed by atoms with Gasteiger partial charge in [-0.2, -0.15) is 0 Å². The second-order valence-corrected chi connectivity index (χ2v) is 7.33. The van der Waals surface area contributed by atoms with Gasteiger partial charge in [-0.05, 0) is 61.9 Å². The van der Waals surface area contributed by atoms with Gasteiger partial charge in [0, 0.05) is 6.54 Å². The van der Waals surface area contributed by atoms with Crippen molar-refractivity contribution in [2.75, 3.05) is 13.7 Å². The summed E-state index contributed by atoms with van der Waals surface area (Å²) in [7, 11) is 1.65.